The SMILES string of the molecule is C=CCOC(=O)[C@H]1[C@@H]2SC3(CC2Br)C(C(=O)N(CC=C)C(C)C)N([C@@H](CO)C(C)C)C(=O)[C@H]13. The Balaban J connectivity index is 2.14. The quantitative estimate of drug-likeness (QED) is 0.259. The number of nitrogens with zero attached hydrogens (tertiary/aromatic N) is 2. The van der Waals surface area contributed by atoms with E-state index < -0.39 is 34.6 Å². The highest BCUT2D eigenvalue weighted by Crippen LogP contribution is 2.68. The number of hydrogen-bond donors (Lipinski definition) is 1. The van der Waals surface area contributed by atoms with Crippen molar-refractivity contribution in [1.82, 2.24) is 9.80 Å². The normalized spacial score (nSPS) is 33.4. The van der Waals surface area contributed by atoms with Crippen LogP contribution in [0.25, 0.3) is 0 Å². The number of aliphatic hydroxyl groups is 1. The van der Waals surface area contributed by atoms with Gasteiger partial charge in [-0.1, -0.05) is 48.5 Å². The number of halogens is 1. The van der Waals surface area contributed by atoms with Gasteiger partial charge >= 0.3 is 5.97 Å². The van der Waals surface area contributed by atoms with Gasteiger partial charge in [-0.15, -0.1) is 18.3 Å². The van der Waals surface area contributed by atoms with Crippen molar-refractivity contribution in [2.45, 2.75) is 67.1 Å². The Morgan fingerprint density at radius 2 is 2.00 bits per heavy atom. The Morgan fingerprint density at radius 3 is 2.52 bits per heavy atom. The molecular weight excluding hydrogens is 508 g/mol. The van der Waals surface area contributed by atoms with Crippen molar-refractivity contribution in [3.05, 3.63) is 25.3 Å². The highest BCUT2D eigenvalue weighted by atomic mass is 79.9. The van der Waals surface area contributed by atoms with Crippen molar-refractivity contribution in [2.24, 2.45) is 17.8 Å². The van der Waals surface area contributed by atoms with Crippen molar-refractivity contribution in [2.75, 3.05) is 19.8 Å². The second-order valence-corrected chi connectivity index (χ2v) is 12.4. The van der Waals surface area contributed by atoms with E-state index in [0.29, 0.717) is 13.0 Å². The van der Waals surface area contributed by atoms with Crippen LogP contribution < -0.4 is 0 Å². The summed E-state index contributed by atoms with van der Waals surface area (Å²) in [6.07, 6.45) is 3.78. The number of carbonyl (C=O) groups excluding carboxylic acids is 3. The third-order valence-electron chi connectivity index (χ3n) is 7.12. The zero-order valence-corrected chi connectivity index (χ0v) is 22.2. The Labute approximate surface area is 209 Å². The molecule has 2 bridgehead atoms. The van der Waals surface area contributed by atoms with Crippen molar-refractivity contribution in [3.63, 3.8) is 0 Å². The maximum Gasteiger partial charge on any atom is 0.311 e. The monoisotopic (exact) mass is 542 g/mol. The van der Waals surface area contributed by atoms with Crippen molar-refractivity contribution >= 4 is 45.5 Å². The fourth-order valence-electron chi connectivity index (χ4n) is 5.68. The van der Waals surface area contributed by atoms with E-state index in [0.717, 1.165) is 0 Å². The number of carbonyl (C=O) groups is 3. The molecule has 1 N–H and O–H groups in total. The summed E-state index contributed by atoms with van der Waals surface area (Å²) in [7, 11) is 0. The molecule has 33 heavy (non-hydrogen) atoms. The molecule has 0 aromatic heterocycles. The lowest BCUT2D eigenvalue weighted by Gasteiger charge is -2.41. The number of amides is 2. The molecular formula is C24H35BrN2O5S. The number of hydrogen-bond acceptors (Lipinski definition) is 6. The van der Waals surface area contributed by atoms with E-state index in [2.05, 4.69) is 29.1 Å². The van der Waals surface area contributed by atoms with Crippen LogP contribution in [-0.4, -0.2) is 85.4 Å². The van der Waals surface area contributed by atoms with Crippen LogP contribution in [0.5, 0.6) is 0 Å². The van der Waals surface area contributed by atoms with E-state index in [1.54, 1.807) is 27.6 Å². The van der Waals surface area contributed by atoms with E-state index >= 15 is 0 Å². The van der Waals surface area contributed by atoms with E-state index in [-0.39, 0.29) is 47.1 Å². The molecule has 7 nitrogen and oxygen atoms in total. The molecule has 1 spiro atoms. The standard InChI is InChI=1S/C24H35BrN2O5S/c1-7-9-26(14(5)6)22(30)20-24-11-15(25)19(33-24)17(23(31)32-10-8-2)18(24)21(29)27(20)16(12-28)13(3)4/h7-8,13-20,28H,1-2,9-12H2,3-6H3/t15?,16-,17+,18-,19+,20?,24?/m0/s1. The van der Waals surface area contributed by atoms with Gasteiger partial charge in [0.2, 0.25) is 11.8 Å². The first-order valence-electron chi connectivity index (χ1n) is 11.5. The maximum absolute atomic E-state index is 14.1. The molecule has 0 saturated carbocycles. The second kappa shape index (κ2) is 10.1. The first kappa shape index (κ1) is 26.3. The fraction of sp³-hybridized carbons (Fsp3) is 0.708. The van der Waals surface area contributed by atoms with Crippen LogP contribution in [-0.2, 0) is 19.1 Å². The molecule has 3 unspecified atom stereocenters. The molecule has 0 aromatic rings. The molecule has 184 valence electrons. The van der Waals surface area contributed by atoms with Crippen LogP contribution in [0.4, 0.5) is 0 Å². The molecule has 3 fully saturated rings. The molecule has 3 rings (SSSR count). The van der Waals surface area contributed by atoms with Crippen LogP contribution in [0.1, 0.15) is 34.1 Å². The summed E-state index contributed by atoms with van der Waals surface area (Å²) in [6.45, 7) is 15.3. The van der Waals surface area contributed by atoms with Gasteiger partial charge < -0.3 is 19.6 Å². The predicted molar refractivity (Wildman–Crippen MR) is 133 cm³/mol. The van der Waals surface area contributed by atoms with Gasteiger partial charge in [-0.25, -0.2) is 0 Å². The zero-order valence-electron chi connectivity index (χ0n) is 19.8. The topological polar surface area (TPSA) is 87.2 Å². The predicted octanol–water partition coefficient (Wildman–Crippen LogP) is 2.62. The van der Waals surface area contributed by atoms with Gasteiger partial charge in [0, 0.05) is 22.7 Å². The molecule has 7 atom stereocenters. The first-order valence-corrected chi connectivity index (χ1v) is 13.3. The lowest BCUT2D eigenvalue weighted by molar-refractivity contribution is -0.153. The summed E-state index contributed by atoms with van der Waals surface area (Å²) >= 11 is 5.30. The van der Waals surface area contributed by atoms with Crippen LogP contribution in [0, 0.1) is 17.8 Å². The fourth-order valence-corrected chi connectivity index (χ4v) is 9.26. The van der Waals surface area contributed by atoms with Gasteiger partial charge in [0.05, 0.1) is 29.2 Å². The molecule has 9 heteroatoms. The van der Waals surface area contributed by atoms with Gasteiger partial charge in [-0.05, 0) is 26.2 Å². The third-order valence-corrected chi connectivity index (χ3v) is 10.3. The number of thioether (sulfide) groups is 1. The first-order chi connectivity index (χ1) is 15.6. The smallest absolute Gasteiger partial charge is 0.311 e. The van der Waals surface area contributed by atoms with Gasteiger partial charge in [0.25, 0.3) is 0 Å². The van der Waals surface area contributed by atoms with Crippen molar-refractivity contribution < 1.29 is 24.2 Å². The molecule has 0 radical (unpaired) electrons. The Morgan fingerprint density at radius 1 is 1.33 bits per heavy atom. The van der Waals surface area contributed by atoms with Gasteiger partial charge in [-0.2, -0.15) is 0 Å². The summed E-state index contributed by atoms with van der Waals surface area (Å²) in [4.78, 5) is 44.5. The number of fused-ring (bicyclic) bond motifs is 1. The third kappa shape index (κ3) is 4.18. The highest BCUT2D eigenvalue weighted by Gasteiger charge is 2.76. The minimum Gasteiger partial charge on any atom is -0.461 e. The highest BCUT2D eigenvalue weighted by molar-refractivity contribution is 9.09. The molecule has 3 aliphatic rings. The van der Waals surface area contributed by atoms with Gasteiger partial charge in [-0.3, -0.25) is 14.4 Å². The van der Waals surface area contributed by atoms with Crippen LogP contribution in [0.2, 0.25) is 0 Å². The van der Waals surface area contributed by atoms with Gasteiger partial charge in [0.15, 0.2) is 0 Å². The Kier molecular flexibility index (Phi) is 8.06. The van der Waals surface area contributed by atoms with E-state index in [9.17, 15) is 19.5 Å². The molecule has 3 heterocycles. The number of aliphatic hydroxyl groups excluding tert-OH is 1. The number of rotatable bonds is 10. The minimum atomic E-state index is -0.774. The van der Waals surface area contributed by atoms with Crippen LogP contribution >= 0.6 is 27.7 Å². The molecule has 3 saturated heterocycles. The lowest BCUT2D eigenvalue weighted by atomic mass is 9.71. The van der Waals surface area contributed by atoms with Crippen LogP contribution in [0.15, 0.2) is 25.3 Å². The summed E-state index contributed by atoms with van der Waals surface area (Å²) < 4.78 is 4.64. The molecule has 0 aromatic carbocycles. The summed E-state index contributed by atoms with van der Waals surface area (Å²) in [5.41, 5.74) is 0. The minimum absolute atomic E-state index is 0.0263. The molecule has 2 amide bonds. The number of ether oxygens (including phenoxy) is 1. The zero-order chi connectivity index (χ0) is 24.7. The van der Waals surface area contributed by atoms with Crippen molar-refractivity contribution in [3.8, 4) is 0 Å². The maximum atomic E-state index is 14.1. The lowest BCUT2D eigenvalue weighted by Crippen LogP contribution is -2.59. The second-order valence-electron chi connectivity index (χ2n) is 9.69. The number of esters is 1. The summed E-state index contributed by atoms with van der Waals surface area (Å²) in [5.74, 6) is -2.21. The molecule has 0 aliphatic carbocycles. The van der Waals surface area contributed by atoms with Crippen molar-refractivity contribution in [1.29, 1.82) is 0 Å². The Bertz CT molecular complexity index is 821. The van der Waals surface area contributed by atoms with E-state index in [4.69, 9.17) is 4.74 Å². The van der Waals surface area contributed by atoms with E-state index in [1.165, 1.54) is 6.08 Å². The number of alkyl halides is 1. The summed E-state index contributed by atoms with van der Waals surface area (Å²) in [6, 6.07) is -1.39. The molecule has 3 aliphatic heterocycles. The number of likely N-dealkylation sites (tertiary alicyclic amines) is 1. The van der Waals surface area contributed by atoms with Gasteiger partial charge in [0.1, 0.15) is 12.6 Å². The average molecular weight is 544 g/mol. The van der Waals surface area contributed by atoms with E-state index in [1.807, 2.05) is 27.7 Å². The average Bonchev–Trinajstić information content (AvgIpc) is 3.34. The van der Waals surface area contributed by atoms with Crippen LogP contribution in [0.3, 0.4) is 0 Å². The largest absolute Gasteiger partial charge is 0.461 e. The Hall–Kier alpha value is -1.32. The summed E-state index contributed by atoms with van der Waals surface area (Å²) in [5, 5.41) is 10.1.